The Bertz CT molecular complexity index is 1500. The van der Waals surface area contributed by atoms with Crippen LogP contribution < -0.4 is 4.90 Å². The molecule has 0 N–H and O–H groups in total. The molecule has 2 nitrogen and oxygen atoms in total. The lowest BCUT2D eigenvalue weighted by atomic mass is 9.87. The van der Waals surface area contributed by atoms with Crippen LogP contribution in [0, 0.1) is 0 Å². The molecule has 1 atom stereocenters. The summed E-state index contributed by atoms with van der Waals surface area (Å²) in [6.45, 7) is 0. The Kier molecular flexibility index (Phi) is 6.08. The molecule has 0 fully saturated rings. The minimum atomic E-state index is 0.227. The van der Waals surface area contributed by atoms with Crippen LogP contribution in [0.25, 0.3) is 22.5 Å². The number of nitrogens with zero attached hydrogens (tertiary/aromatic N) is 1. The Labute approximate surface area is 212 Å². The fourth-order valence-electron chi connectivity index (χ4n) is 5.09. The highest BCUT2D eigenvalue weighted by Gasteiger charge is 2.28. The van der Waals surface area contributed by atoms with Crippen molar-refractivity contribution in [1.82, 2.24) is 0 Å². The van der Waals surface area contributed by atoms with Crippen molar-refractivity contribution in [3.63, 3.8) is 0 Å². The van der Waals surface area contributed by atoms with Gasteiger partial charge in [-0.1, -0.05) is 103 Å². The van der Waals surface area contributed by atoms with Gasteiger partial charge in [0, 0.05) is 22.7 Å². The van der Waals surface area contributed by atoms with Gasteiger partial charge in [-0.25, -0.2) is 0 Å². The molecule has 0 aliphatic heterocycles. The van der Waals surface area contributed by atoms with Crippen molar-refractivity contribution in [2.75, 3.05) is 4.90 Å². The van der Waals surface area contributed by atoms with Crippen molar-refractivity contribution in [3.05, 3.63) is 157 Å². The molecule has 1 aliphatic carbocycles. The second kappa shape index (κ2) is 9.97. The van der Waals surface area contributed by atoms with Crippen LogP contribution in [0.2, 0.25) is 0 Å². The molecule has 5 aromatic rings. The van der Waals surface area contributed by atoms with E-state index < -0.39 is 0 Å². The van der Waals surface area contributed by atoms with Crippen molar-refractivity contribution in [2.45, 2.75) is 12.3 Å². The summed E-state index contributed by atoms with van der Waals surface area (Å²) in [6.07, 6.45) is 9.40. The molecule has 0 saturated heterocycles. The molecule has 0 spiro atoms. The summed E-state index contributed by atoms with van der Waals surface area (Å²) in [7, 11) is 0. The van der Waals surface area contributed by atoms with Crippen molar-refractivity contribution in [2.24, 2.45) is 0 Å². The molecule has 1 unspecified atom stereocenters. The number of furan rings is 1. The molecule has 0 bridgehead atoms. The fourth-order valence-corrected chi connectivity index (χ4v) is 5.09. The minimum absolute atomic E-state index is 0.227. The zero-order valence-electron chi connectivity index (χ0n) is 20.0. The Hall–Kier alpha value is -4.56. The number of para-hydroxylation sites is 2. The van der Waals surface area contributed by atoms with E-state index >= 15 is 0 Å². The second-order valence-electron chi connectivity index (χ2n) is 8.93. The third-order valence-corrected chi connectivity index (χ3v) is 6.75. The smallest absolute Gasteiger partial charge is 0.135 e. The van der Waals surface area contributed by atoms with Crippen LogP contribution in [-0.4, -0.2) is 0 Å². The first-order valence-electron chi connectivity index (χ1n) is 12.4. The van der Waals surface area contributed by atoms with Crippen LogP contribution >= 0.6 is 0 Å². The molecular weight excluding hydrogens is 438 g/mol. The predicted molar refractivity (Wildman–Crippen MR) is 149 cm³/mol. The molecule has 0 amide bonds. The molecule has 0 radical (unpaired) electrons. The van der Waals surface area contributed by atoms with Crippen LogP contribution in [0.1, 0.15) is 17.9 Å². The predicted octanol–water partition coefficient (Wildman–Crippen LogP) is 9.38. The highest BCUT2D eigenvalue weighted by Crippen LogP contribution is 2.46. The largest absolute Gasteiger partial charge is 0.464 e. The fraction of sp³-hybridized carbons (Fsp3) is 0.0588. The topological polar surface area (TPSA) is 16.4 Å². The quantitative estimate of drug-likeness (QED) is 0.248. The molecule has 6 rings (SSSR count). The zero-order chi connectivity index (χ0) is 24.2. The Balaban J connectivity index is 1.61. The van der Waals surface area contributed by atoms with E-state index in [2.05, 4.69) is 132 Å². The van der Waals surface area contributed by atoms with Gasteiger partial charge in [0.05, 0.1) is 17.6 Å². The second-order valence-corrected chi connectivity index (χ2v) is 8.93. The van der Waals surface area contributed by atoms with E-state index in [1.165, 1.54) is 22.4 Å². The molecule has 36 heavy (non-hydrogen) atoms. The van der Waals surface area contributed by atoms with Gasteiger partial charge in [-0.05, 0) is 54.0 Å². The summed E-state index contributed by atoms with van der Waals surface area (Å²) in [4.78, 5) is 2.43. The molecule has 1 heterocycles. The maximum absolute atomic E-state index is 5.90. The SMILES string of the molecule is C1=CCC(c2ccccc2)C(N(c2ccccc2-c2ccccc2)c2ccccc2-c2ccco2)=C1. The van der Waals surface area contributed by atoms with E-state index in [-0.39, 0.29) is 5.92 Å². The third-order valence-electron chi connectivity index (χ3n) is 6.75. The van der Waals surface area contributed by atoms with E-state index in [1.54, 1.807) is 6.26 Å². The molecule has 1 aliphatic rings. The summed E-state index contributed by atoms with van der Waals surface area (Å²) in [5, 5.41) is 0. The Morgan fingerprint density at radius 1 is 0.611 bits per heavy atom. The first-order valence-corrected chi connectivity index (χ1v) is 12.4. The minimum Gasteiger partial charge on any atom is -0.464 e. The van der Waals surface area contributed by atoms with Crippen molar-refractivity contribution < 1.29 is 4.42 Å². The van der Waals surface area contributed by atoms with E-state index in [0.717, 1.165) is 29.1 Å². The summed E-state index contributed by atoms with van der Waals surface area (Å²) in [6, 6.07) is 42.6. The summed E-state index contributed by atoms with van der Waals surface area (Å²) >= 11 is 0. The number of anilines is 2. The first kappa shape index (κ1) is 21.9. The van der Waals surface area contributed by atoms with Crippen LogP contribution in [-0.2, 0) is 0 Å². The molecular formula is C34H27NO. The lowest BCUT2D eigenvalue weighted by Gasteiger charge is -2.36. The van der Waals surface area contributed by atoms with E-state index in [9.17, 15) is 0 Å². The van der Waals surface area contributed by atoms with Gasteiger partial charge in [-0.2, -0.15) is 0 Å². The van der Waals surface area contributed by atoms with E-state index in [4.69, 9.17) is 4.42 Å². The molecule has 4 aromatic carbocycles. The van der Waals surface area contributed by atoms with E-state index in [1.807, 2.05) is 12.1 Å². The average Bonchev–Trinajstić information content (AvgIpc) is 3.50. The monoisotopic (exact) mass is 465 g/mol. The third kappa shape index (κ3) is 4.18. The lowest BCUT2D eigenvalue weighted by Crippen LogP contribution is -2.24. The first-order chi connectivity index (χ1) is 17.9. The van der Waals surface area contributed by atoms with Gasteiger partial charge < -0.3 is 9.32 Å². The standard InChI is InChI=1S/C34H27NO/c1-3-14-26(15-4-1)28-18-7-10-21-31(28)35(33-23-12-9-20-30(33)34-24-13-25-36-34)32-22-11-8-19-29(32)27-16-5-2-6-17-27/h1-18,20-25,29H,19H2. The Morgan fingerprint density at radius 3 is 1.97 bits per heavy atom. The summed E-state index contributed by atoms with van der Waals surface area (Å²) < 4.78 is 5.90. The van der Waals surface area contributed by atoms with Gasteiger partial charge >= 0.3 is 0 Å². The van der Waals surface area contributed by atoms with E-state index in [0.29, 0.717) is 0 Å². The maximum atomic E-state index is 5.90. The maximum Gasteiger partial charge on any atom is 0.135 e. The highest BCUT2D eigenvalue weighted by atomic mass is 16.3. The number of benzene rings is 4. The van der Waals surface area contributed by atoms with Gasteiger partial charge in [0.2, 0.25) is 0 Å². The van der Waals surface area contributed by atoms with Gasteiger partial charge in [0.1, 0.15) is 5.76 Å². The normalized spacial score (nSPS) is 14.9. The number of rotatable bonds is 6. The van der Waals surface area contributed by atoms with Crippen molar-refractivity contribution >= 4 is 11.4 Å². The van der Waals surface area contributed by atoms with Gasteiger partial charge in [0.15, 0.2) is 0 Å². The number of allylic oxidation sites excluding steroid dienone is 4. The van der Waals surface area contributed by atoms with Crippen LogP contribution in [0.4, 0.5) is 11.4 Å². The zero-order valence-corrected chi connectivity index (χ0v) is 20.0. The van der Waals surface area contributed by atoms with Gasteiger partial charge in [-0.15, -0.1) is 0 Å². The molecule has 2 heteroatoms. The number of hydrogen-bond donors (Lipinski definition) is 0. The Morgan fingerprint density at radius 2 is 1.25 bits per heavy atom. The highest BCUT2D eigenvalue weighted by molar-refractivity contribution is 5.89. The molecule has 174 valence electrons. The number of hydrogen-bond acceptors (Lipinski definition) is 2. The van der Waals surface area contributed by atoms with Crippen LogP contribution in [0.5, 0.6) is 0 Å². The van der Waals surface area contributed by atoms with Crippen LogP contribution in [0.3, 0.4) is 0 Å². The molecule has 1 aromatic heterocycles. The van der Waals surface area contributed by atoms with Crippen molar-refractivity contribution in [3.8, 4) is 22.5 Å². The summed E-state index contributed by atoms with van der Waals surface area (Å²) in [5.41, 5.74) is 8.24. The lowest BCUT2D eigenvalue weighted by molar-refractivity contribution is 0.582. The van der Waals surface area contributed by atoms with Crippen LogP contribution in [0.15, 0.2) is 156 Å². The van der Waals surface area contributed by atoms with Crippen molar-refractivity contribution in [1.29, 1.82) is 0 Å². The molecule has 0 saturated carbocycles. The van der Waals surface area contributed by atoms with Gasteiger partial charge in [0.25, 0.3) is 0 Å². The average molecular weight is 466 g/mol. The van der Waals surface area contributed by atoms with Gasteiger partial charge in [-0.3, -0.25) is 0 Å². The summed E-state index contributed by atoms with van der Waals surface area (Å²) in [5.74, 6) is 1.08.